The number of hydrogen-bond acceptors (Lipinski definition) is 3. The summed E-state index contributed by atoms with van der Waals surface area (Å²) in [4.78, 5) is 25.0. The molecule has 0 bridgehead atoms. The first kappa shape index (κ1) is 13.6. The van der Waals surface area contributed by atoms with Crippen molar-refractivity contribution in [1.29, 1.82) is 0 Å². The van der Waals surface area contributed by atoms with Crippen LogP contribution in [0.3, 0.4) is 0 Å². The minimum absolute atomic E-state index is 0.0501. The number of phenols is 1. The fraction of sp³-hybridized carbons (Fsp3) is 0.0588. The van der Waals surface area contributed by atoms with Gasteiger partial charge >= 0.3 is 0 Å². The van der Waals surface area contributed by atoms with Crippen LogP contribution in [0, 0.1) is 0 Å². The molecule has 0 spiro atoms. The van der Waals surface area contributed by atoms with Crippen LogP contribution in [0.4, 0.5) is 0 Å². The Morgan fingerprint density at radius 2 is 1.62 bits per heavy atom. The molecular weight excluding hydrogens is 288 g/mol. The number of hydrogen-bond donors (Lipinski definition) is 1. The van der Waals surface area contributed by atoms with Crippen molar-refractivity contribution in [3.05, 3.63) is 75.8 Å². The van der Waals surface area contributed by atoms with Crippen molar-refractivity contribution < 1.29 is 14.7 Å². The molecule has 1 aliphatic carbocycles. The summed E-state index contributed by atoms with van der Waals surface area (Å²) in [7, 11) is 0. The van der Waals surface area contributed by atoms with Crippen LogP contribution in [0.25, 0.3) is 0 Å². The van der Waals surface area contributed by atoms with E-state index in [1.165, 1.54) is 0 Å². The average Bonchev–Trinajstić information content (AvgIpc) is 2.46. The van der Waals surface area contributed by atoms with E-state index in [1.807, 2.05) is 0 Å². The Balaban J connectivity index is 2.24. The number of phenolic OH excluding ortho intramolecular Hbond substituents is 1. The highest BCUT2D eigenvalue weighted by Crippen LogP contribution is 2.35. The zero-order valence-electron chi connectivity index (χ0n) is 11.0. The summed E-state index contributed by atoms with van der Waals surface area (Å²) in [5.41, 5.74) is 1.43. The minimum atomic E-state index is -0.347. The van der Waals surface area contributed by atoms with Crippen molar-refractivity contribution in [2.75, 3.05) is 0 Å². The molecule has 0 amide bonds. The van der Waals surface area contributed by atoms with Gasteiger partial charge in [-0.25, -0.2) is 0 Å². The first-order chi connectivity index (χ1) is 10.0. The van der Waals surface area contributed by atoms with Gasteiger partial charge in [-0.05, 0) is 11.6 Å². The summed E-state index contributed by atoms with van der Waals surface area (Å²) >= 11 is 5.76. The highest BCUT2D eigenvalue weighted by Gasteiger charge is 2.32. The lowest BCUT2D eigenvalue weighted by atomic mass is 9.82. The Bertz CT molecular complexity index is 806. The molecule has 0 saturated carbocycles. The van der Waals surface area contributed by atoms with Gasteiger partial charge in [-0.2, -0.15) is 0 Å². The molecule has 0 aliphatic heterocycles. The molecule has 4 heteroatoms. The predicted octanol–water partition coefficient (Wildman–Crippen LogP) is 3.46. The second-order valence-electron chi connectivity index (χ2n) is 4.89. The van der Waals surface area contributed by atoms with Crippen LogP contribution in [0.1, 0.15) is 37.4 Å². The number of ketones is 2. The van der Waals surface area contributed by atoms with Crippen molar-refractivity contribution in [3.63, 3.8) is 0 Å². The van der Waals surface area contributed by atoms with Gasteiger partial charge < -0.3 is 5.11 Å². The van der Waals surface area contributed by atoms with E-state index in [0.717, 1.165) is 0 Å². The van der Waals surface area contributed by atoms with Gasteiger partial charge in [0.2, 0.25) is 0 Å². The zero-order valence-corrected chi connectivity index (χ0v) is 11.8. The maximum absolute atomic E-state index is 12.5. The SMILES string of the molecule is C=C(Cl)Cc1ccc2c(c1O)C(=O)c1ccccc1C2=O. The van der Waals surface area contributed by atoms with Crippen molar-refractivity contribution >= 4 is 23.2 Å². The molecule has 0 radical (unpaired) electrons. The fourth-order valence-electron chi connectivity index (χ4n) is 2.56. The van der Waals surface area contributed by atoms with Crippen LogP contribution < -0.4 is 0 Å². The average molecular weight is 299 g/mol. The van der Waals surface area contributed by atoms with Gasteiger partial charge in [0.25, 0.3) is 0 Å². The summed E-state index contributed by atoms with van der Waals surface area (Å²) in [6.45, 7) is 3.58. The first-order valence-electron chi connectivity index (χ1n) is 6.37. The fourth-order valence-corrected chi connectivity index (χ4v) is 2.71. The molecule has 0 aromatic heterocycles. The number of carbonyl (C=O) groups is 2. The second kappa shape index (κ2) is 4.86. The Hall–Kier alpha value is -2.39. The van der Waals surface area contributed by atoms with Gasteiger partial charge in [-0.15, -0.1) is 0 Å². The number of carbonyl (C=O) groups excluding carboxylic acids is 2. The zero-order chi connectivity index (χ0) is 15.1. The third-order valence-electron chi connectivity index (χ3n) is 3.53. The Morgan fingerprint density at radius 3 is 2.24 bits per heavy atom. The van der Waals surface area contributed by atoms with Gasteiger partial charge in [-0.1, -0.05) is 48.5 Å². The van der Waals surface area contributed by atoms with Gasteiger partial charge in [0.1, 0.15) is 5.75 Å². The third kappa shape index (κ3) is 2.06. The molecule has 2 aromatic rings. The van der Waals surface area contributed by atoms with E-state index >= 15 is 0 Å². The maximum Gasteiger partial charge on any atom is 0.198 e. The van der Waals surface area contributed by atoms with E-state index in [2.05, 4.69) is 6.58 Å². The predicted molar refractivity (Wildman–Crippen MR) is 80.1 cm³/mol. The second-order valence-corrected chi connectivity index (χ2v) is 5.43. The van der Waals surface area contributed by atoms with E-state index in [1.54, 1.807) is 36.4 Å². The number of rotatable bonds is 2. The Kier molecular flexibility index (Phi) is 3.15. The number of aromatic hydroxyl groups is 1. The van der Waals surface area contributed by atoms with Gasteiger partial charge in [-0.3, -0.25) is 9.59 Å². The first-order valence-corrected chi connectivity index (χ1v) is 6.75. The largest absolute Gasteiger partial charge is 0.507 e. The highest BCUT2D eigenvalue weighted by molar-refractivity contribution is 6.30. The van der Waals surface area contributed by atoms with Crippen molar-refractivity contribution in [2.45, 2.75) is 6.42 Å². The molecule has 0 saturated heterocycles. The molecule has 3 rings (SSSR count). The normalized spacial score (nSPS) is 12.8. The van der Waals surface area contributed by atoms with Crippen LogP contribution in [0.15, 0.2) is 48.0 Å². The smallest absolute Gasteiger partial charge is 0.198 e. The number of fused-ring (bicyclic) bond motifs is 2. The van der Waals surface area contributed by atoms with E-state index in [-0.39, 0.29) is 34.9 Å². The number of halogens is 1. The summed E-state index contributed by atoms with van der Waals surface area (Å²) in [6, 6.07) is 9.76. The Morgan fingerprint density at radius 1 is 1.00 bits per heavy atom. The number of benzene rings is 2. The lowest BCUT2D eigenvalue weighted by Gasteiger charge is -2.19. The highest BCUT2D eigenvalue weighted by atomic mass is 35.5. The molecule has 0 unspecified atom stereocenters. The molecule has 2 aromatic carbocycles. The van der Waals surface area contributed by atoms with Crippen LogP contribution in [-0.4, -0.2) is 16.7 Å². The van der Waals surface area contributed by atoms with Gasteiger partial charge in [0.15, 0.2) is 11.6 Å². The summed E-state index contributed by atoms with van der Waals surface area (Å²) < 4.78 is 0. The van der Waals surface area contributed by atoms with Crippen LogP contribution in [0.5, 0.6) is 5.75 Å². The molecule has 0 heterocycles. The monoisotopic (exact) mass is 298 g/mol. The molecule has 1 aliphatic rings. The number of allylic oxidation sites excluding steroid dienone is 1. The third-order valence-corrected chi connectivity index (χ3v) is 3.67. The van der Waals surface area contributed by atoms with Crippen molar-refractivity contribution in [2.24, 2.45) is 0 Å². The molecular formula is C17H11ClO3. The standard InChI is InChI=1S/C17H11ClO3/c1-9(18)8-10-6-7-13-14(15(10)19)17(21)12-5-3-2-4-11(12)16(13)20/h2-7,19H,1,8H2. The van der Waals surface area contributed by atoms with E-state index in [4.69, 9.17) is 11.6 Å². The van der Waals surface area contributed by atoms with E-state index in [0.29, 0.717) is 21.7 Å². The lowest BCUT2D eigenvalue weighted by Crippen LogP contribution is -2.21. The molecule has 3 nitrogen and oxygen atoms in total. The molecule has 21 heavy (non-hydrogen) atoms. The topological polar surface area (TPSA) is 54.4 Å². The summed E-state index contributed by atoms with van der Waals surface area (Å²) in [5.74, 6) is -0.798. The van der Waals surface area contributed by atoms with Crippen LogP contribution >= 0.6 is 11.6 Å². The minimum Gasteiger partial charge on any atom is -0.507 e. The van der Waals surface area contributed by atoms with Crippen molar-refractivity contribution in [1.82, 2.24) is 0 Å². The van der Waals surface area contributed by atoms with Crippen molar-refractivity contribution in [3.8, 4) is 5.75 Å². The molecule has 0 atom stereocenters. The lowest BCUT2D eigenvalue weighted by molar-refractivity contribution is 0.0976. The van der Waals surface area contributed by atoms with Crippen LogP contribution in [-0.2, 0) is 6.42 Å². The maximum atomic E-state index is 12.5. The van der Waals surface area contributed by atoms with E-state index in [9.17, 15) is 14.7 Å². The van der Waals surface area contributed by atoms with Gasteiger partial charge in [0.05, 0.1) is 5.56 Å². The van der Waals surface area contributed by atoms with Crippen LogP contribution in [0.2, 0.25) is 0 Å². The molecule has 1 N–H and O–H groups in total. The summed E-state index contributed by atoms with van der Waals surface area (Å²) in [5, 5.41) is 10.7. The Labute approximate surface area is 126 Å². The van der Waals surface area contributed by atoms with E-state index < -0.39 is 0 Å². The molecule has 104 valence electrons. The van der Waals surface area contributed by atoms with Gasteiger partial charge in [0, 0.05) is 28.1 Å². The summed E-state index contributed by atoms with van der Waals surface area (Å²) in [6.07, 6.45) is 0.240. The quantitative estimate of drug-likeness (QED) is 0.788. The molecule has 0 fully saturated rings.